The number of aliphatic imine (C=N–C) groups is 1. The Morgan fingerprint density at radius 2 is 1.83 bits per heavy atom. The minimum absolute atomic E-state index is 0.0123. The smallest absolute Gasteiger partial charge is 0.266 e. The number of hydrogen-bond donors (Lipinski definition) is 0. The van der Waals surface area contributed by atoms with E-state index in [1.165, 1.54) is 34.0 Å². The number of carbonyl (C=O) groups excluding carboxylic acids is 1. The third-order valence-electron chi connectivity index (χ3n) is 5.18. The molecule has 1 aliphatic heterocycles. The van der Waals surface area contributed by atoms with Crippen LogP contribution in [0.5, 0.6) is 0 Å². The van der Waals surface area contributed by atoms with E-state index >= 15 is 0 Å². The number of likely N-dealkylation sites (N-methyl/N-ethyl adjacent to an activating group) is 1. The Bertz CT molecular complexity index is 1070. The van der Waals surface area contributed by atoms with Gasteiger partial charge in [-0.2, -0.15) is 0 Å². The number of rotatable bonds is 3. The maximum absolute atomic E-state index is 12.7. The molecule has 0 bridgehead atoms. The van der Waals surface area contributed by atoms with Gasteiger partial charge in [0.2, 0.25) is 0 Å². The van der Waals surface area contributed by atoms with Gasteiger partial charge in [-0.1, -0.05) is 53.6 Å². The fraction of sp³-hybridized carbons (Fsp3) is 0.200. The number of carbonyl (C=O) groups is 1. The molecule has 4 heteroatoms. The number of benzene rings is 2. The first-order chi connectivity index (χ1) is 14.0. The Morgan fingerprint density at radius 1 is 1.03 bits per heavy atom. The third kappa shape index (κ3) is 4.43. The number of amidine groups is 1. The molecule has 1 aliphatic carbocycles. The normalized spacial score (nSPS) is 19.7. The Kier molecular flexibility index (Phi) is 5.54. The number of nitrogens with zero attached hydrogens (tertiary/aromatic N) is 2. The molecule has 0 N–H and O–H groups in total. The topological polar surface area (TPSA) is 32.7 Å². The van der Waals surface area contributed by atoms with Gasteiger partial charge in [0.25, 0.3) is 5.91 Å². The zero-order valence-electron chi connectivity index (χ0n) is 17.0. The van der Waals surface area contributed by atoms with E-state index in [0.29, 0.717) is 10.1 Å². The highest BCUT2D eigenvalue weighted by Crippen LogP contribution is 2.34. The highest BCUT2D eigenvalue weighted by Gasteiger charge is 2.30. The maximum atomic E-state index is 12.7. The maximum Gasteiger partial charge on any atom is 0.266 e. The summed E-state index contributed by atoms with van der Waals surface area (Å²) in [6, 6.07) is 16.4. The van der Waals surface area contributed by atoms with Crippen LogP contribution in [0.1, 0.15) is 36.5 Å². The van der Waals surface area contributed by atoms with E-state index in [-0.39, 0.29) is 5.91 Å². The van der Waals surface area contributed by atoms with Gasteiger partial charge < -0.3 is 0 Å². The van der Waals surface area contributed by atoms with Crippen molar-refractivity contribution in [2.24, 2.45) is 4.99 Å². The van der Waals surface area contributed by atoms with Crippen molar-refractivity contribution < 1.29 is 4.79 Å². The van der Waals surface area contributed by atoms with Crippen LogP contribution in [-0.4, -0.2) is 23.0 Å². The first-order valence-electron chi connectivity index (χ1n) is 9.79. The lowest BCUT2D eigenvalue weighted by atomic mass is 9.93. The molecular weight excluding hydrogens is 376 g/mol. The highest BCUT2D eigenvalue weighted by atomic mass is 32.2. The van der Waals surface area contributed by atoms with Crippen molar-refractivity contribution in [2.45, 2.75) is 26.7 Å². The van der Waals surface area contributed by atoms with E-state index < -0.39 is 0 Å². The molecule has 1 saturated heterocycles. The van der Waals surface area contributed by atoms with Gasteiger partial charge in [0, 0.05) is 7.05 Å². The standard InChI is InChI=1S/C25H24N2OS/c1-17-7-11-20(12-8-17)21-6-4-5-19(15-21)16-23-24(28)27(3)25(29-23)26-22-13-9-18(2)10-14-22/h4-7,9-11,13-16H,8,12H2,1-3H3/b23-16-,26-25+. The average Bonchev–Trinajstić information content (AvgIpc) is 2.98. The first-order valence-corrected chi connectivity index (χ1v) is 10.6. The van der Waals surface area contributed by atoms with Gasteiger partial charge in [-0.15, -0.1) is 0 Å². The Balaban J connectivity index is 1.59. The summed E-state index contributed by atoms with van der Waals surface area (Å²) in [6.45, 7) is 4.22. The van der Waals surface area contributed by atoms with E-state index in [1.54, 1.807) is 11.9 Å². The van der Waals surface area contributed by atoms with Crippen molar-refractivity contribution in [2.75, 3.05) is 7.05 Å². The molecule has 3 nitrogen and oxygen atoms in total. The molecule has 0 spiro atoms. The van der Waals surface area contributed by atoms with Gasteiger partial charge >= 0.3 is 0 Å². The number of aryl methyl sites for hydroxylation is 1. The molecule has 0 aromatic heterocycles. The van der Waals surface area contributed by atoms with Crippen LogP contribution in [0.15, 0.2) is 76.2 Å². The monoisotopic (exact) mass is 400 g/mol. The lowest BCUT2D eigenvalue weighted by Gasteiger charge is -2.12. The molecule has 146 valence electrons. The number of thioether (sulfide) groups is 1. The summed E-state index contributed by atoms with van der Waals surface area (Å²) in [4.78, 5) is 19.7. The van der Waals surface area contributed by atoms with Gasteiger partial charge in [0.15, 0.2) is 5.17 Å². The van der Waals surface area contributed by atoms with Crippen LogP contribution >= 0.6 is 11.8 Å². The summed E-state index contributed by atoms with van der Waals surface area (Å²) in [5.41, 5.74) is 7.07. The van der Waals surface area contributed by atoms with Gasteiger partial charge in [-0.05, 0) is 79.4 Å². The van der Waals surface area contributed by atoms with Gasteiger partial charge in [0.1, 0.15) is 0 Å². The first kappa shape index (κ1) is 19.5. The third-order valence-corrected chi connectivity index (χ3v) is 6.24. The fourth-order valence-corrected chi connectivity index (χ4v) is 4.33. The van der Waals surface area contributed by atoms with E-state index in [4.69, 9.17) is 0 Å². The van der Waals surface area contributed by atoms with Crippen molar-refractivity contribution in [3.05, 3.63) is 87.9 Å². The Hall–Kier alpha value is -2.85. The van der Waals surface area contributed by atoms with Crippen LogP contribution in [0.2, 0.25) is 0 Å². The largest absolute Gasteiger partial charge is 0.290 e. The molecule has 1 amide bonds. The van der Waals surface area contributed by atoms with Gasteiger partial charge in [-0.25, -0.2) is 4.99 Å². The quantitative estimate of drug-likeness (QED) is 0.562. The van der Waals surface area contributed by atoms with E-state index in [2.05, 4.69) is 42.3 Å². The van der Waals surface area contributed by atoms with E-state index in [9.17, 15) is 4.79 Å². The molecule has 0 unspecified atom stereocenters. The van der Waals surface area contributed by atoms with Crippen LogP contribution in [0, 0.1) is 6.92 Å². The van der Waals surface area contributed by atoms with Crippen molar-refractivity contribution in [1.82, 2.24) is 4.90 Å². The average molecular weight is 401 g/mol. The summed E-state index contributed by atoms with van der Waals surface area (Å²) in [6.07, 6.45) is 8.54. The zero-order chi connectivity index (χ0) is 20.4. The van der Waals surface area contributed by atoms with Gasteiger partial charge in [0.05, 0.1) is 10.6 Å². The molecule has 0 saturated carbocycles. The highest BCUT2D eigenvalue weighted by molar-refractivity contribution is 8.18. The second-order valence-electron chi connectivity index (χ2n) is 7.54. The summed E-state index contributed by atoms with van der Waals surface area (Å²) in [5, 5.41) is 0.705. The van der Waals surface area contributed by atoms with Crippen LogP contribution in [0.25, 0.3) is 11.6 Å². The lowest BCUT2D eigenvalue weighted by molar-refractivity contribution is -0.121. The molecule has 4 rings (SSSR count). The summed E-state index contributed by atoms with van der Waals surface area (Å²) < 4.78 is 0. The summed E-state index contributed by atoms with van der Waals surface area (Å²) >= 11 is 1.43. The van der Waals surface area contributed by atoms with Crippen molar-refractivity contribution >= 4 is 40.2 Å². The molecule has 1 heterocycles. The van der Waals surface area contributed by atoms with Crippen LogP contribution in [0.4, 0.5) is 5.69 Å². The number of hydrogen-bond acceptors (Lipinski definition) is 3. The molecular formula is C25H24N2OS. The van der Waals surface area contributed by atoms with Crippen LogP contribution < -0.4 is 0 Å². The SMILES string of the molecule is CC1=CC=C(c2cccc(/C=C3\S/C(=N/c4ccc(C)cc4)N(C)C3=O)c2)CC1. The molecule has 0 atom stereocenters. The molecule has 2 aromatic carbocycles. The van der Waals surface area contributed by atoms with Crippen molar-refractivity contribution in [1.29, 1.82) is 0 Å². The second kappa shape index (κ2) is 8.26. The Morgan fingerprint density at radius 3 is 2.55 bits per heavy atom. The number of allylic oxidation sites excluding steroid dienone is 4. The van der Waals surface area contributed by atoms with E-state index in [0.717, 1.165) is 24.1 Å². The van der Waals surface area contributed by atoms with Crippen molar-refractivity contribution in [3.63, 3.8) is 0 Å². The van der Waals surface area contributed by atoms with Crippen LogP contribution in [0.3, 0.4) is 0 Å². The van der Waals surface area contributed by atoms with Crippen molar-refractivity contribution in [3.8, 4) is 0 Å². The summed E-state index contributed by atoms with van der Waals surface area (Å²) in [5.74, 6) is -0.0123. The molecule has 1 fully saturated rings. The zero-order valence-corrected chi connectivity index (χ0v) is 17.8. The number of amides is 1. The van der Waals surface area contributed by atoms with Gasteiger partial charge in [-0.3, -0.25) is 9.69 Å². The predicted octanol–water partition coefficient (Wildman–Crippen LogP) is 6.35. The fourth-order valence-electron chi connectivity index (χ4n) is 3.34. The predicted molar refractivity (Wildman–Crippen MR) is 124 cm³/mol. The minimum Gasteiger partial charge on any atom is -0.290 e. The molecule has 0 radical (unpaired) electrons. The second-order valence-corrected chi connectivity index (χ2v) is 8.54. The molecule has 2 aromatic rings. The lowest BCUT2D eigenvalue weighted by Crippen LogP contribution is -2.23. The van der Waals surface area contributed by atoms with Crippen LogP contribution in [-0.2, 0) is 4.79 Å². The minimum atomic E-state index is -0.0123. The summed E-state index contributed by atoms with van der Waals surface area (Å²) in [7, 11) is 1.78. The molecule has 29 heavy (non-hydrogen) atoms. The van der Waals surface area contributed by atoms with E-state index in [1.807, 2.05) is 43.3 Å². The Labute approximate surface area is 176 Å². The molecule has 2 aliphatic rings.